The number of hydrogen-bond acceptors (Lipinski definition) is 4. The van der Waals surface area contributed by atoms with Crippen molar-refractivity contribution in [3.05, 3.63) is 29.8 Å². The van der Waals surface area contributed by atoms with E-state index < -0.39 is 0 Å². The second-order valence-corrected chi connectivity index (χ2v) is 6.20. The third kappa shape index (κ3) is 7.75. The third-order valence-electron chi connectivity index (χ3n) is 4.10. The third-order valence-corrected chi connectivity index (χ3v) is 4.10. The number of ether oxygens (including phenoxy) is 3. The van der Waals surface area contributed by atoms with Gasteiger partial charge in [-0.2, -0.15) is 0 Å². The molecular weight excluding hydrogens is 318 g/mol. The second kappa shape index (κ2) is 11.7. The van der Waals surface area contributed by atoms with E-state index in [2.05, 4.69) is 15.6 Å². The standard InChI is InChI=1S/C19H31N3O3/c1-16-6-3-4-7-18(16)25-13-10-22-19(20-2)21-9-5-11-23-14-17-8-12-24-15-17/h3-4,6-7,17H,5,8-15H2,1-2H3,(H2,20,21,22). The van der Waals surface area contributed by atoms with Crippen LogP contribution in [0.5, 0.6) is 5.75 Å². The number of aryl methyl sites for hydroxylation is 1. The van der Waals surface area contributed by atoms with Crippen LogP contribution in [0.15, 0.2) is 29.3 Å². The Morgan fingerprint density at radius 1 is 1.24 bits per heavy atom. The van der Waals surface area contributed by atoms with E-state index in [1.54, 1.807) is 7.05 Å². The molecule has 1 aromatic rings. The number of benzene rings is 1. The first-order valence-electron chi connectivity index (χ1n) is 9.08. The van der Waals surface area contributed by atoms with Crippen molar-refractivity contribution in [3.8, 4) is 5.75 Å². The Balaban J connectivity index is 1.48. The molecule has 0 amide bonds. The van der Waals surface area contributed by atoms with Gasteiger partial charge in [-0.1, -0.05) is 18.2 Å². The summed E-state index contributed by atoms with van der Waals surface area (Å²) >= 11 is 0. The molecule has 0 aliphatic carbocycles. The first-order valence-corrected chi connectivity index (χ1v) is 9.08. The van der Waals surface area contributed by atoms with Crippen molar-refractivity contribution in [1.82, 2.24) is 10.6 Å². The fourth-order valence-corrected chi connectivity index (χ4v) is 2.62. The summed E-state index contributed by atoms with van der Waals surface area (Å²) in [5, 5.41) is 6.54. The fraction of sp³-hybridized carbons (Fsp3) is 0.632. The first-order chi connectivity index (χ1) is 12.3. The van der Waals surface area contributed by atoms with Crippen LogP contribution in [0.2, 0.25) is 0 Å². The van der Waals surface area contributed by atoms with Gasteiger partial charge in [0.1, 0.15) is 12.4 Å². The molecule has 1 aliphatic heterocycles. The van der Waals surface area contributed by atoms with Gasteiger partial charge >= 0.3 is 0 Å². The molecule has 2 rings (SSSR count). The highest BCUT2D eigenvalue weighted by atomic mass is 16.5. The summed E-state index contributed by atoms with van der Waals surface area (Å²) in [6, 6.07) is 8.03. The summed E-state index contributed by atoms with van der Waals surface area (Å²) < 4.78 is 16.8. The van der Waals surface area contributed by atoms with Gasteiger partial charge in [0.15, 0.2) is 5.96 Å². The molecule has 1 atom stereocenters. The minimum absolute atomic E-state index is 0.579. The maximum Gasteiger partial charge on any atom is 0.191 e. The predicted molar refractivity (Wildman–Crippen MR) is 100 cm³/mol. The van der Waals surface area contributed by atoms with Crippen molar-refractivity contribution < 1.29 is 14.2 Å². The minimum Gasteiger partial charge on any atom is -0.491 e. The van der Waals surface area contributed by atoms with Crippen molar-refractivity contribution in [3.63, 3.8) is 0 Å². The molecule has 140 valence electrons. The van der Waals surface area contributed by atoms with Gasteiger partial charge in [-0.15, -0.1) is 0 Å². The second-order valence-electron chi connectivity index (χ2n) is 6.20. The zero-order chi connectivity index (χ0) is 17.7. The lowest BCUT2D eigenvalue weighted by molar-refractivity contribution is 0.0888. The van der Waals surface area contributed by atoms with Crippen LogP contribution < -0.4 is 15.4 Å². The van der Waals surface area contributed by atoms with Gasteiger partial charge in [0.25, 0.3) is 0 Å². The van der Waals surface area contributed by atoms with E-state index in [4.69, 9.17) is 14.2 Å². The molecule has 1 heterocycles. The van der Waals surface area contributed by atoms with E-state index in [9.17, 15) is 0 Å². The molecule has 0 radical (unpaired) electrons. The largest absolute Gasteiger partial charge is 0.491 e. The molecule has 1 fully saturated rings. The van der Waals surface area contributed by atoms with Gasteiger partial charge in [0, 0.05) is 32.7 Å². The van der Waals surface area contributed by atoms with E-state index in [0.717, 1.165) is 63.1 Å². The quantitative estimate of drug-likeness (QED) is 0.384. The number of nitrogens with zero attached hydrogens (tertiary/aromatic N) is 1. The smallest absolute Gasteiger partial charge is 0.191 e. The molecule has 1 aliphatic rings. The number of rotatable bonds is 10. The predicted octanol–water partition coefficient (Wildman–Crippen LogP) is 1.98. The van der Waals surface area contributed by atoms with Crippen LogP contribution in [-0.4, -0.2) is 59.1 Å². The SMILES string of the molecule is CN=C(NCCCOCC1CCOC1)NCCOc1ccccc1C. The van der Waals surface area contributed by atoms with Crippen LogP contribution in [0.1, 0.15) is 18.4 Å². The summed E-state index contributed by atoms with van der Waals surface area (Å²) in [6.07, 6.45) is 2.08. The molecule has 0 saturated carbocycles. The van der Waals surface area contributed by atoms with Crippen molar-refractivity contribution in [2.45, 2.75) is 19.8 Å². The van der Waals surface area contributed by atoms with Gasteiger partial charge in [0.05, 0.1) is 19.8 Å². The Morgan fingerprint density at radius 3 is 2.84 bits per heavy atom. The lowest BCUT2D eigenvalue weighted by Gasteiger charge is -2.13. The molecule has 25 heavy (non-hydrogen) atoms. The molecule has 1 unspecified atom stereocenters. The zero-order valence-electron chi connectivity index (χ0n) is 15.4. The van der Waals surface area contributed by atoms with Crippen LogP contribution in [0, 0.1) is 12.8 Å². The Morgan fingerprint density at radius 2 is 2.08 bits per heavy atom. The Hall–Kier alpha value is -1.79. The number of nitrogens with one attached hydrogen (secondary N) is 2. The molecule has 0 bridgehead atoms. The van der Waals surface area contributed by atoms with Crippen molar-refractivity contribution in [2.75, 3.05) is 53.2 Å². The first kappa shape index (κ1) is 19.5. The number of para-hydroxylation sites is 1. The average Bonchev–Trinajstić information content (AvgIpc) is 3.14. The molecular formula is C19H31N3O3. The topological polar surface area (TPSA) is 64.1 Å². The van der Waals surface area contributed by atoms with E-state index in [-0.39, 0.29) is 0 Å². The lowest BCUT2D eigenvalue weighted by atomic mass is 10.1. The fourth-order valence-electron chi connectivity index (χ4n) is 2.62. The molecule has 0 spiro atoms. The van der Waals surface area contributed by atoms with Crippen LogP contribution in [0.3, 0.4) is 0 Å². The normalized spacial score (nSPS) is 17.5. The van der Waals surface area contributed by atoms with Crippen LogP contribution in [0.4, 0.5) is 0 Å². The minimum atomic E-state index is 0.579. The molecule has 0 aromatic heterocycles. The highest BCUT2D eigenvalue weighted by molar-refractivity contribution is 5.79. The van der Waals surface area contributed by atoms with E-state index in [0.29, 0.717) is 19.1 Å². The molecule has 1 saturated heterocycles. The lowest BCUT2D eigenvalue weighted by Crippen LogP contribution is -2.40. The average molecular weight is 349 g/mol. The summed E-state index contributed by atoms with van der Waals surface area (Å²) in [4.78, 5) is 4.21. The van der Waals surface area contributed by atoms with E-state index >= 15 is 0 Å². The van der Waals surface area contributed by atoms with Gasteiger partial charge in [-0.05, 0) is 31.4 Å². The highest BCUT2D eigenvalue weighted by Gasteiger charge is 2.15. The number of guanidine groups is 1. The van der Waals surface area contributed by atoms with Crippen molar-refractivity contribution in [2.24, 2.45) is 10.9 Å². The van der Waals surface area contributed by atoms with Crippen LogP contribution in [-0.2, 0) is 9.47 Å². The molecule has 2 N–H and O–H groups in total. The Bertz CT molecular complexity index is 516. The molecule has 1 aromatic carbocycles. The van der Waals surface area contributed by atoms with Gasteiger partial charge in [-0.25, -0.2) is 0 Å². The highest BCUT2D eigenvalue weighted by Crippen LogP contribution is 2.15. The van der Waals surface area contributed by atoms with Gasteiger partial charge in [0.2, 0.25) is 0 Å². The zero-order valence-corrected chi connectivity index (χ0v) is 15.4. The summed E-state index contributed by atoms with van der Waals surface area (Å²) in [5.74, 6) is 2.30. The van der Waals surface area contributed by atoms with Crippen LogP contribution >= 0.6 is 0 Å². The van der Waals surface area contributed by atoms with Gasteiger partial charge in [-0.3, -0.25) is 4.99 Å². The van der Waals surface area contributed by atoms with Gasteiger partial charge < -0.3 is 24.8 Å². The monoisotopic (exact) mass is 349 g/mol. The molecule has 6 heteroatoms. The van der Waals surface area contributed by atoms with Crippen LogP contribution in [0.25, 0.3) is 0 Å². The van der Waals surface area contributed by atoms with Crippen molar-refractivity contribution >= 4 is 5.96 Å². The summed E-state index contributed by atoms with van der Waals surface area (Å²) in [5.41, 5.74) is 1.15. The van der Waals surface area contributed by atoms with Crippen molar-refractivity contribution in [1.29, 1.82) is 0 Å². The van der Waals surface area contributed by atoms with E-state index in [1.807, 2.05) is 31.2 Å². The maximum atomic E-state index is 5.76. The molecule has 6 nitrogen and oxygen atoms in total. The number of hydrogen-bond donors (Lipinski definition) is 2. The van der Waals surface area contributed by atoms with E-state index in [1.165, 1.54) is 0 Å². The maximum absolute atomic E-state index is 5.76. The number of aliphatic imine (C=N–C) groups is 1. The summed E-state index contributed by atoms with van der Waals surface area (Å²) in [6.45, 7) is 7.47. The Labute approximate surface area is 151 Å². The summed E-state index contributed by atoms with van der Waals surface area (Å²) in [7, 11) is 1.77. The Kier molecular flexibility index (Phi) is 9.15.